The highest BCUT2D eigenvalue weighted by Crippen LogP contribution is 2.15. The molecule has 1 unspecified atom stereocenters. The number of carboxylic acid groups (broad SMARTS) is 1. The van der Waals surface area contributed by atoms with Crippen molar-refractivity contribution in [3.8, 4) is 5.75 Å². The number of amides is 1. The monoisotopic (exact) mass is 303 g/mol. The molecule has 6 nitrogen and oxygen atoms in total. The Labute approximate surface area is 119 Å². The van der Waals surface area contributed by atoms with Gasteiger partial charge in [0.25, 0.3) is 0 Å². The number of halogens is 2. The predicted molar refractivity (Wildman–Crippen MR) is 68.0 cm³/mol. The number of hydrogen-bond donors (Lipinski definition) is 3. The predicted octanol–water partition coefficient (Wildman–Crippen LogP) is 0.782. The van der Waals surface area contributed by atoms with Crippen LogP contribution in [0.2, 0.25) is 0 Å². The number of benzene rings is 1. The zero-order valence-corrected chi connectivity index (χ0v) is 11.0. The van der Waals surface area contributed by atoms with Crippen LogP contribution in [0.4, 0.5) is 8.78 Å². The number of aliphatic hydroxyl groups is 1. The topological polar surface area (TPSA) is 95.9 Å². The summed E-state index contributed by atoms with van der Waals surface area (Å²) in [6.07, 6.45) is -0.202. The van der Waals surface area contributed by atoms with Crippen LogP contribution in [-0.2, 0) is 16.0 Å². The highest BCUT2D eigenvalue weighted by Gasteiger charge is 2.19. The number of rotatable bonds is 8. The first-order valence-corrected chi connectivity index (χ1v) is 6.09. The molecule has 1 aromatic carbocycles. The van der Waals surface area contributed by atoms with Crippen LogP contribution in [0, 0.1) is 0 Å². The number of hydrogen-bond acceptors (Lipinski definition) is 4. The molecule has 8 heteroatoms. The lowest BCUT2D eigenvalue weighted by Gasteiger charge is -2.13. The minimum atomic E-state index is -2.92. The Kier molecular flexibility index (Phi) is 6.54. The first kappa shape index (κ1) is 16.8. The summed E-state index contributed by atoms with van der Waals surface area (Å²) < 4.78 is 28.1. The molecule has 0 aliphatic carbocycles. The zero-order valence-electron chi connectivity index (χ0n) is 11.0. The quantitative estimate of drug-likeness (QED) is 0.659. The summed E-state index contributed by atoms with van der Waals surface area (Å²) >= 11 is 0. The van der Waals surface area contributed by atoms with E-state index in [1.165, 1.54) is 24.3 Å². The van der Waals surface area contributed by atoms with E-state index in [4.69, 9.17) is 10.2 Å². The molecule has 0 bridgehead atoms. The molecule has 21 heavy (non-hydrogen) atoms. The van der Waals surface area contributed by atoms with E-state index in [2.05, 4.69) is 10.1 Å². The van der Waals surface area contributed by atoms with Crippen LogP contribution in [0.15, 0.2) is 24.3 Å². The van der Waals surface area contributed by atoms with Gasteiger partial charge < -0.3 is 20.3 Å². The van der Waals surface area contributed by atoms with Crippen LogP contribution in [0.25, 0.3) is 0 Å². The summed E-state index contributed by atoms with van der Waals surface area (Å²) in [7, 11) is 0. The Balaban J connectivity index is 2.56. The first-order chi connectivity index (χ1) is 9.92. The number of carbonyl (C=O) groups is 2. The van der Waals surface area contributed by atoms with E-state index in [9.17, 15) is 18.4 Å². The highest BCUT2D eigenvalue weighted by molar-refractivity contribution is 5.84. The molecule has 0 radical (unpaired) electrons. The maximum Gasteiger partial charge on any atom is 0.387 e. The smallest absolute Gasteiger partial charge is 0.387 e. The Morgan fingerprint density at radius 3 is 2.33 bits per heavy atom. The van der Waals surface area contributed by atoms with Gasteiger partial charge in [0, 0.05) is 13.0 Å². The Bertz CT molecular complexity index is 478. The van der Waals surface area contributed by atoms with Gasteiger partial charge >= 0.3 is 12.6 Å². The first-order valence-electron chi connectivity index (χ1n) is 6.09. The van der Waals surface area contributed by atoms with Gasteiger partial charge in [0.05, 0.1) is 6.42 Å². The summed E-state index contributed by atoms with van der Waals surface area (Å²) in [5.74, 6) is -1.81. The SMILES string of the molecule is O=C(Cc1ccc(OC(F)F)cc1)NC(CCO)C(=O)O. The number of aliphatic hydroxyl groups excluding tert-OH is 1. The Morgan fingerprint density at radius 1 is 1.24 bits per heavy atom. The van der Waals surface area contributed by atoms with E-state index < -0.39 is 24.5 Å². The molecule has 0 aromatic heterocycles. The molecule has 116 valence electrons. The summed E-state index contributed by atoms with van der Waals surface area (Å²) in [5, 5.41) is 19.8. The lowest BCUT2D eigenvalue weighted by atomic mass is 10.1. The molecule has 1 rings (SSSR count). The molecule has 0 aliphatic rings. The van der Waals surface area contributed by atoms with Crippen LogP contribution in [-0.4, -0.2) is 41.3 Å². The van der Waals surface area contributed by atoms with Crippen molar-refractivity contribution in [1.29, 1.82) is 0 Å². The minimum Gasteiger partial charge on any atom is -0.480 e. The van der Waals surface area contributed by atoms with E-state index in [0.29, 0.717) is 5.56 Å². The van der Waals surface area contributed by atoms with Gasteiger partial charge in [0.1, 0.15) is 11.8 Å². The standard InChI is InChI=1S/C13H15F2NO5/c14-13(15)21-9-3-1-8(2-4-9)7-11(18)16-10(5-6-17)12(19)20/h1-4,10,13,17H,5-7H2,(H,16,18)(H,19,20). The second-order valence-electron chi connectivity index (χ2n) is 4.17. The number of ether oxygens (including phenoxy) is 1. The van der Waals surface area contributed by atoms with Crippen molar-refractivity contribution in [2.45, 2.75) is 25.5 Å². The molecule has 0 saturated carbocycles. The van der Waals surface area contributed by atoms with Crippen LogP contribution >= 0.6 is 0 Å². The number of aliphatic carboxylic acids is 1. The maximum absolute atomic E-state index is 12.0. The number of carbonyl (C=O) groups excluding carboxylic acids is 1. The molecule has 0 saturated heterocycles. The normalized spacial score (nSPS) is 12.0. The third-order valence-electron chi connectivity index (χ3n) is 2.56. The fraction of sp³-hybridized carbons (Fsp3) is 0.385. The van der Waals surface area contributed by atoms with Crippen molar-refractivity contribution in [2.24, 2.45) is 0 Å². The number of nitrogens with one attached hydrogen (secondary N) is 1. The van der Waals surface area contributed by atoms with Crippen molar-refractivity contribution < 1.29 is 33.3 Å². The third-order valence-corrected chi connectivity index (χ3v) is 2.56. The van der Waals surface area contributed by atoms with Crippen LogP contribution < -0.4 is 10.1 Å². The highest BCUT2D eigenvalue weighted by atomic mass is 19.3. The molecular weight excluding hydrogens is 288 g/mol. The van der Waals surface area contributed by atoms with Crippen LogP contribution in [0.5, 0.6) is 5.75 Å². The van der Waals surface area contributed by atoms with Gasteiger partial charge in [-0.2, -0.15) is 8.78 Å². The lowest BCUT2D eigenvalue weighted by molar-refractivity contribution is -0.142. The van der Waals surface area contributed by atoms with Gasteiger partial charge in [0.2, 0.25) is 5.91 Å². The fourth-order valence-electron chi connectivity index (χ4n) is 1.61. The second kappa shape index (κ2) is 8.15. The van der Waals surface area contributed by atoms with E-state index in [1.807, 2.05) is 0 Å². The van der Waals surface area contributed by atoms with Gasteiger partial charge in [-0.1, -0.05) is 12.1 Å². The van der Waals surface area contributed by atoms with E-state index in [-0.39, 0.29) is 25.2 Å². The van der Waals surface area contributed by atoms with Crippen molar-refractivity contribution >= 4 is 11.9 Å². The Morgan fingerprint density at radius 2 is 1.86 bits per heavy atom. The molecule has 0 heterocycles. The van der Waals surface area contributed by atoms with Gasteiger partial charge in [-0.05, 0) is 17.7 Å². The van der Waals surface area contributed by atoms with E-state index >= 15 is 0 Å². The third kappa shape index (κ3) is 6.17. The van der Waals surface area contributed by atoms with Gasteiger partial charge in [-0.3, -0.25) is 4.79 Å². The summed E-state index contributed by atoms with van der Waals surface area (Å²) in [6, 6.07) is 4.27. The van der Waals surface area contributed by atoms with Gasteiger partial charge in [-0.15, -0.1) is 0 Å². The van der Waals surface area contributed by atoms with Gasteiger partial charge in [-0.25, -0.2) is 4.79 Å². The van der Waals surface area contributed by atoms with Crippen molar-refractivity contribution in [2.75, 3.05) is 6.61 Å². The number of alkyl halides is 2. The van der Waals surface area contributed by atoms with E-state index in [0.717, 1.165) is 0 Å². The molecule has 1 amide bonds. The van der Waals surface area contributed by atoms with Crippen molar-refractivity contribution in [3.05, 3.63) is 29.8 Å². The molecule has 0 aliphatic heterocycles. The average Bonchev–Trinajstić information content (AvgIpc) is 2.40. The largest absolute Gasteiger partial charge is 0.480 e. The molecular formula is C13H15F2NO5. The fourth-order valence-corrected chi connectivity index (χ4v) is 1.61. The molecule has 3 N–H and O–H groups in total. The molecule has 1 aromatic rings. The summed E-state index contributed by atoms with van der Waals surface area (Å²) in [6.45, 7) is -3.29. The second-order valence-corrected chi connectivity index (χ2v) is 4.17. The lowest BCUT2D eigenvalue weighted by Crippen LogP contribution is -2.42. The van der Waals surface area contributed by atoms with Gasteiger partial charge in [0.15, 0.2) is 0 Å². The van der Waals surface area contributed by atoms with Crippen LogP contribution in [0.3, 0.4) is 0 Å². The zero-order chi connectivity index (χ0) is 15.8. The average molecular weight is 303 g/mol. The molecule has 1 atom stereocenters. The summed E-state index contributed by atoms with van der Waals surface area (Å²) in [4.78, 5) is 22.5. The minimum absolute atomic E-state index is 0.0298. The van der Waals surface area contributed by atoms with E-state index in [1.54, 1.807) is 0 Å². The molecule has 0 spiro atoms. The Hall–Kier alpha value is -2.22. The van der Waals surface area contributed by atoms with Crippen molar-refractivity contribution in [1.82, 2.24) is 5.32 Å². The van der Waals surface area contributed by atoms with Crippen molar-refractivity contribution in [3.63, 3.8) is 0 Å². The van der Waals surface area contributed by atoms with Crippen LogP contribution in [0.1, 0.15) is 12.0 Å². The summed E-state index contributed by atoms with van der Waals surface area (Å²) in [5.41, 5.74) is 0.516. The molecule has 0 fully saturated rings. The maximum atomic E-state index is 12.0. The number of carboxylic acids is 1.